The lowest BCUT2D eigenvalue weighted by Crippen LogP contribution is -2.23. The molecule has 0 heterocycles. The third-order valence-electron chi connectivity index (χ3n) is 2.88. The Morgan fingerprint density at radius 1 is 1.09 bits per heavy atom. The van der Waals surface area contributed by atoms with E-state index in [9.17, 15) is 4.79 Å². The third-order valence-corrected chi connectivity index (χ3v) is 3.55. The fourth-order valence-electron chi connectivity index (χ4n) is 1.80. The number of carbonyl (C=O) groups is 1. The van der Waals surface area contributed by atoms with Gasteiger partial charge in [0.2, 0.25) is 5.91 Å². The summed E-state index contributed by atoms with van der Waals surface area (Å²) >= 11 is 2.24. The summed E-state index contributed by atoms with van der Waals surface area (Å²) in [4.78, 5) is 16.8. The highest BCUT2D eigenvalue weighted by atomic mass is 127. The maximum Gasteiger partial charge on any atom is 0.243 e. The van der Waals surface area contributed by atoms with E-state index in [-0.39, 0.29) is 5.91 Å². The van der Waals surface area contributed by atoms with Crippen molar-refractivity contribution in [3.05, 3.63) is 63.7 Å². The summed E-state index contributed by atoms with van der Waals surface area (Å²) in [5.41, 5.74) is 3.46. The number of hydrogen-bond acceptors (Lipinski definition) is 3. The Morgan fingerprint density at radius 3 is 2.68 bits per heavy atom. The van der Waals surface area contributed by atoms with Gasteiger partial charge in [-0.3, -0.25) is 9.63 Å². The monoisotopic (exact) mass is 411 g/mol. The van der Waals surface area contributed by atoms with Crippen molar-refractivity contribution in [3.8, 4) is 5.75 Å². The smallest absolute Gasteiger partial charge is 0.243 e. The molecule has 22 heavy (non-hydrogen) atoms. The number of hydrogen-bond donors (Lipinski definition) is 1. The number of ether oxygens (including phenoxy) is 1. The van der Waals surface area contributed by atoms with Gasteiger partial charge in [-0.25, -0.2) is 5.48 Å². The van der Waals surface area contributed by atoms with Gasteiger partial charge in [-0.15, -0.1) is 0 Å². The molecule has 1 N–H and O–H groups in total. The first-order chi connectivity index (χ1) is 10.7. The van der Waals surface area contributed by atoms with E-state index in [2.05, 4.69) is 28.1 Å². The fraction of sp³-hybridized carbons (Fsp3) is 0.235. The number of hydroxylamine groups is 1. The van der Waals surface area contributed by atoms with Gasteiger partial charge in [0.15, 0.2) is 0 Å². The minimum Gasteiger partial charge on any atom is -0.494 e. The maximum atomic E-state index is 11.6. The number of benzene rings is 2. The van der Waals surface area contributed by atoms with Crippen molar-refractivity contribution in [1.29, 1.82) is 0 Å². The molecule has 0 saturated heterocycles. The predicted molar refractivity (Wildman–Crippen MR) is 93.3 cm³/mol. The van der Waals surface area contributed by atoms with Gasteiger partial charge in [0.1, 0.15) is 5.75 Å². The van der Waals surface area contributed by atoms with Gasteiger partial charge in [0.25, 0.3) is 0 Å². The first kappa shape index (κ1) is 16.8. The molecule has 0 aliphatic carbocycles. The summed E-state index contributed by atoms with van der Waals surface area (Å²) in [5, 5.41) is 0. The standard InChI is InChI=1S/C17H18INO3/c18-15-8-4-9-16(12-15)21-11-5-10-17(20)19-22-13-14-6-2-1-3-7-14/h1-4,6-9,12H,5,10-11,13H2,(H,19,20). The molecule has 0 bridgehead atoms. The maximum absolute atomic E-state index is 11.6. The second-order valence-corrected chi connectivity index (χ2v) is 5.95. The SMILES string of the molecule is O=C(CCCOc1cccc(I)c1)NOCc1ccccc1. The minimum atomic E-state index is -0.137. The van der Waals surface area contributed by atoms with Crippen LogP contribution in [0.2, 0.25) is 0 Å². The summed E-state index contributed by atoms with van der Waals surface area (Å²) in [6.45, 7) is 0.873. The predicted octanol–water partition coefficient (Wildman–Crippen LogP) is 3.70. The number of nitrogens with one attached hydrogen (secondary N) is 1. The van der Waals surface area contributed by atoms with Gasteiger partial charge < -0.3 is 4.74 Å². The zero-order chi connectivity index (χ0) is 15.6. The average molecular weight is 411 g/mol. The van der Waals surface area contributed by atoms with Crippen LogP contribution in [0.5, 0.6) is 5.75 Å². The van der Waals surface area contributed by atoms with Gasteiger partial charge in [-0.1, -0.05) is 36.4 Å². The highest BCUT2D eigenvalue weighted by molar-refractivity contribution is 14.1. The summed E-state index contributed by atoms with van der Waals surface area (Å²) in [5.74, 6) is 0.690. The largest absolute Gasteiger partial charge is 0.494 e. The van der Waals surface area contributed by atoms with Crippen molar-refractivity contribution in [2.45, 2.75) is 19.4 Å². The van der Waals surface area contributed by atoms with Crippen molar-refractivity contribution in [2.24, 2.45) is 0 Å². The average Bonchev–Trinajstić information content (AvgIpc) is 2.53. The molecule has 0 saturated carbocycles. The van der Waals surface area contributed by atoms with Crippen molar-refractivity contribution in [2.75, 3.05) is 6.61 Å². The Morgan fingerprint density at radius 2 is 1.91 bits per heavy atom. The normalized spacial score (nSPS) is 10.2. The lowest BCUT2D eigenvalue weighted by molar-refractivity contribution is -0.134. The molecule has 0 spiro atoms. The first-order valence-electron chi connectivity index (χ1n) is 7.07. The van der Waals surface area contributed by atoms with Crippen LogP contribution in [0.4, 0.5) is 0 Å². The number of halogens is 1. The molecule has 1 amide bonds. The molecule has 5 heteroatoms. The molecule has 116 valence electrons. The highest BCUT2D eigenvalue weighted by Gasteiger charge is 2.02. The lowest BCUT2D eigenvalue weighted by atomic mass is 10.2. The van der Waals surface area contributed by atoms with Crippen LogP contribution >= 0.6 is 22.6 Å². The van der Waals surface area contributed by atoms with Gasteiger partial charge in [0, 0.05) is 9.99 Å². The Labute approximate surface area is 143 Å². The van der Waals surface area contributed by atoms with Crippen LogP contribution in [-0.2, 0) is 16.2 Å². The Hall–Kier alpha value is -1.60. The number of carbonyl (C=O) groups excluding carboxylic acids is 1. The van der Waals surface area contributed by atoms with Gasteiger partial charge in [-0.05, 0) is 52.8 Å². The zero-order valence-electron chi connectivity index (χ0n) is 12.1. The molecule has 0 aliphatic rings. The van der Waals surface area contributed by atoms with Gasteiger partial charge in [-0.2, -0.15) is 0 Å². The molecule has 2 aromatic rings. The molecule has 0 aliphatic heterocycles. The van der Waals surface area contributed by atoms with Crippen molar-refractivity contribution in [1.82, 2.24) is 5.48 Å². The first-order valence-corrected chi connectivity index (χ1v) is 8.15. The van der Waals surface area contributed by atoms with Crippen LogP contribution in [-0.4, -0.2) is 12.5 Å². The highest BCUT2D eigenvalue weighted by Crippen LogP contribution is 2.14. The van der Waals surface area contributed by atoms with Gasteiger partial charge >= 0.3 is 0 Å². The van der Waals surface area contributed by atoms with Crippen LogP contribution in [0, 0.1) is 3.57 Å². The molecule has 2 aromatic carbocycles. The summed E-state index contributed by atoms with van der Waals surface area (Å²) in [7, 11) is 0. The van der Waals surface area contributed by atoms with E-state index in [0.717, 1.165) is 14.9 Å². The molecule has 0 fully saturated rings. The summed E-state index contributed by atoms with van der Waals surface area (Å²) in [6.07, 6.45) is 1.02. The minimum absolute atomic E-state index is 0.137. The summed E-state index contributed by atoms with van der Waals surface area (Å²) < 4.78 is 6.71. The van der Waals surface area contributed by atoms with Crippen LogP contribution < -0.4 is 10.2 Å². The molecule has 4 nitrogen and oxygen atoms in total. The molecular weight excluding hydrogens is 393 g/mol. The quantitative estimate of drug-likeness (QED) is 0.410. The Balaban J connectivity index is 1.56. The Bertz CT molecular complexity index is 589. The zero-order valence-corrected chi connectivity index (χ0v) is 14.3. The molecule has 0 radical (unpaired) electrons. The van der Waals surface area contributed by atoms with Crippen LogP contribution in [0.15, 0.2) is 54.6 Å². The van der Waals surface area contributed by atoms with E-state index in [1.807, 2.05) is 54.6 Å². The molecular formula is C17H18INO3. The van der Waals surface area contributed by atoms with E-state index in [1.54, 1.807) is 0 Å². The molecule has 0 unspecified atom stereocenters. The second kappa shape index (κ2) is 9.42. The fourth-order valence-corrected chi connectivity index (χ4v) is 2.32. The van der Waals surface area contributed by atoms with E-state index in [0.29, 0.717) is 26.1 Å². The van der Waals surface area contributed by atoms with Gasteiger partial charge in [0.05, 0.1) is 13.2 Å². The lowest BCUT2D eigenvalue weighted by Gasteiger charge is -2.07. The number of amides is 1. The van der Waals surface area contributed by atoms with Crippen LogP contribution in [0.1, 0.15) is 18.4 Å². The molecule has 0 aromatic heterocycles. The van der Waals surface area contributed by atoms with E-state index in [4.69, 9.17) is 9.57 Å². The topological polar surface area (TPSA) is 47.6 Å². The number of rotatable bonds is 8. The Kier molecular flexibility index (Phi) is 7.18. The van der Waals surface area contributed by atoms with Crippen LogP contribution in [0.3, 0.4) is 0 Å². The van der Waals surface area contributed by atoms with E-state index in [1.165, 1.54) is 0 Å². The van der Waals surface area contributed by atoms with Crippen LogP contribution in [0.25, 0.3) is 0 Å². The third kappa shape index (κ3) is 6.44. The summed E-state index contributed by atoms with van der Waals surface area (Å²) in [6, 6.07) is 17.5. The molecule has 0 atom stereocenters. The van der Waals surface area contributed by atoms with Crippen molar-refractivity contribution in [3.63, 3.8) is 0 Å². The molecule has 2 rings (SSSR count). The van der Waals surface area contributed by atoms with E-state index >= 15 is 0 Å². The second-order valence-electron chi connectivity index (χ2n) is 4.71. The van der Waals surface area contributed by atoms with E-state index < -0.39 is 0 Å². The van der Waals surface area contributed by atoms with Crippen molar-refractivity contribution >= 4 is 28.5 Å². The van der Waals surface area contributed by atoms with Crippen molar-refractivity contribution < 1.29 is 14.4 Å².